The second-order valence-corrected chi connectivity index (χ2v) is 8.21. The SMILES string of the molecule is Cc1cc(C(=O)CSc2nc3scc(-c4ccc(F)cc4)c3c(=O)[nH]2)ccc1F. The van der Waals surface area contributed by atoms with Crippen LogP contribution in [0.15, 0.2) is 57.8 Å². The largest absolute Gasteiger partial charge is 0.301 e. The van der Waals surface area contributed by atoms with Crippen LogP contribution in [0.4, 0.5) is 8.78 Å². The molecule has 29 heavy (non-hydrogen) atoms. The van der Waals surface area contributed by atoms with Gasteiger partial charge in [-0.25, -0.2) is 13.8 Å². The van der Waals surface area contributed by atoms with Crippen LogP contribution in [0.5, 0.6) is 0 Å². The number of ketones is 1. The highest BCUT2D eigenvalue weighted by molar-refractivity contribution is 7.99. The molecule has 0 aliphatic heterocycles. The molecule has 2 aromatic carbocycles. The fourth-order valence-electron chi connectivity index (χ4n) is 2.87. The maximum atomic E-state index is 13.4. The van der Waals surface area contributed by atoms with Crippen LogP contribution in [0, 0.1) is 18.6 Å². The lowest BCUT2D eigenvalue weighted by atomic mass is 10.1. The van der Waals surface area contributed by atoms with Gasteiger partial charge in [0.1, 0.15) is 16.5 Å². The van der Waals surface area contributed by atoms with Gasteiger partial charge in [-0.3, -0.25) is 9.59 Å². The fraction of sp³-hybridized carbons (Fsp3) is 0.0952. The molecule has 4 rings (SSSR count). The molecular weight excluding hydrogens is 414 g/mol. The summed E-state index contributed by atoms with van der Waals surface area (Å²) in [4.78, 5) is 32.7. The highest BCUT2D eigenvalue weighted by Gasteiger charge is 2.15. The molecule has 0 bridgehead atoms. The molecule has 2 heterocycles. The van der Waals surface area contributed by atoms with E-state index >= 15 is 0 Å². The van der Waals surface area contributed by atoms with Crippen molar-refractivity contribution in [2.24, 2.45) is 0 Å². The molecule has 0 aliphatic carbocycles. The van der Waals surface area contributed by atoms with E-state index in [0.29, 0.717) is 32.1 Å². The minimum absolute atomic E-state index is 0.0652. The van der Waals surface area contributed by atoms with Gasteiger partial charge in [0.2, 0.25) is 0 Å². The summed E-state index contributed by atoms with van der Waals surface area (Å²) in [6.07, 6.45) is 0. The summed E-state index contributed by atoms with van der Waals surface area (Å²) in [5.74, 6) is -0.824. The molecule has 0 unspecified atom stereocenters. The summed E-state index contributed by atoms with van der Waals surface area (Å²) in [6.45, 7) is 1.60. The number of carbonyl (C=O) groups excluding carboxylic acids is 1. The second kappa shape index (κ2) is 7.88. The highest BCUT2D eigenvalue weighted by Crippen LogP contribution is 2.31. The van der Waals surface area contributed by atoms with E-state index in [1.807, 2.05) is 0 Å². The molecule has 0 saturated heterocycles. The number of thioether (sulfide) groups is 1. The summed E-state index contributed by atoms with van der Waals surface area (Å²) < 4.78 is 26.5. The zero-order chi connectivity index (χ0) is 20.5. The molecule has 0 radical (unpaired) electrons. The lowest BCUT2D eigenvalue weighted by molar-refractivity contribution is 0.102. The zero-order valence-electron chi connectivity index (χ0n) is 15.2. The molecule has 0 spiro atoms. The number of aromatic amines is 1. The minimum Gasteiger partial charge on any atom is -0.301 e. The standard InChI is InChI=1S/C21H14F2N2O2S2/c1-11-8-13(4-7-16(11)23)17(26)10-29-21-24-19(27)18-15(9-28-20(18)25-21)12-2-5-14(22)6-3-12/h2-9H,10H2,1H3,(H,24,25,27). The predicted molar refractivity (Wildman–Crippen MR) is 112 cm³/mol. The highest BCUT2D eigenvalue weighted by atomic mass is 32.2. The van der Waals surface area contributed by atoms with E-state index in [1.54, 1.807) is 24.4 Å². The van der Waals surface area contributed by atoms with Crippen molar-refractivity contribution in [2.75, 3.05) is 5.75 Å². The van der Waals surface area contributed by atoms with Crippen molar-refractivity contribution in [3.63, 3.8) is 0 Å². The van der Waals surface area contributed by atoms with Gasteiger partial charge in [0.15, 0.2) is 10.9 Å². The molecule has 2 aromatic heterocycles. The second-order valence-electron chi connectivity index (χ2n) is 6.38. The molecule has 0 atom stereocenters. The number of hydrogen-bond donors (Lipinski definition) is 1. The Hall–Kier alpha value is -2.84. The van der Waals surface area contributed by atoms with E-state index in [0.717, 1.165) is 17.3 Å². The van der Waals surface area contributed by atoms with Gasteiger partial charge in [-0.05, 0) is 48.4 Å². The van der Waals surface area contributed by atoms with Crippen LogP contribution in [0.2, 0.25) is 0 Å². The molecule has 4 nitrogen and oxygen atoms in total. The van der Waals surface area contributed by atoms with Crippen LogP contribution >= 0.6 is 23.1 Å². The number of benzene rings is 2. The molecule has 4 aromatic rings. The number of nitrogens with one attached hydrogen (secondary N) is 1. The summed E-state index contributed by atoms with van der Waals surface area (Å²) in [6, 6.07) is 10.1. The topological polar surface area (TPSA) is 62.8 Å². The first-order chi connectivity index (χ1) is 13.9. The summed E-state index contributed by atoms with van der Waals surface area (Å²) in [5.41, 5.74) is 1.92. The summed E-state index contributed by atoms with van der Waals surface area (Å²) in [5, 5.41) is 2.58. The van der Waals surface area contributed by atoms with Crippen LogP contribution in [-0.4, -0.2) is 21.5 Å². The third kappa shape index (κ3) is 3.99. The average molecular weight is 428 g/mol. The Labute approximate surface area is 172 Å². The number of aromatic nitrogens is 2. The van der Waals surface area contributed by atoms with E-state index in [-0.39, 0.29) is 28.7 Å². The Kier molecular flexibility index (Phi) is 5.29. The summed E-state index contributed by atoms with van der Waals surface area (Å²) in [7, 11) is 0. The molecule has 0 saturated carbocycles. The van der Waals surface area contributed by atoms with E-state index in [1.165, 1.54) is 41.7 Å². The number of rotatable bonds is 5. The smallest absolute Gasteiger partial charge is 0.260 e. The number of Topliss-reactive ketones (excluding diaryl/α,β-unsaturated/α-hetero) is 1. The van der Waals surface area contributed by atoms with Crippen molar-refractivity contribution < 1.29 is 13.6 Å². The predicted octanol–water partition coefficient (Wildman–Crippen LogP) is 5.21. The third-order valence-corrected chi connectivity index (χ3v) is 6.14. The Balaban J connectivity index is 1.58. The van der Waals surface area contributed by atoms with Crippen molar-refractivity contribution in [2.45, 2.75) is 12.1 Å². The van der Waals surface area contributed by atoms with Crippen molar-refractivity contribution in [1.29, 1.82) is 0 Å². The third-order valence-electron chi connectivity index (χ3n) is 4.40. The Morgan fingerprint density at radius 2 is 1.93 bits per heavy atom. The van der Waals surface area contributed by atoms with Crippen LogP contribution in [0.25, 0.3) is 21.3 Å². The van der Waals surface area contributed by atoms with E-state index in [4.69, 9.17) is 0 Å². The zero-order valence-corrected chi connectivity index (χ0v) is 16.8. The van der Waals surface area contributed by atoms with Crippen LogP contribution in [0.3, 0.4) is 0 Å². The number of fused-ring (bicyclic) bond motifs is 1. The van der Waals surface area contributed by atoms with Gasteiger partial charge < -0.3 is 4.98 Å². The average Bonchev–Trinajstić information content (AvgIpc) is 3.13. The lowest BCUT2D eigenvalue weighted by Gasteiger charge is -2.04. The Morgan fingerprint density at radius 3 is 2.66 bits per heavy atom. The number of halogens is 2. The van der Waals surface area contributed by atoms with Crippen molar-refractivity contribution in [3.05, 3.63) is 81.0 Å². The molecule has 146 valence electrons. The number of aryl methyl sites for hydroxylation is 1. The molecule has 1 N–H and O–H groups in total. The van der Waals surface area contributed by atoms with Gasteiger partial charge in [-0.2, -0.15) is 0 Å². The number of carbonyl (C=O) groups is 1. The van der Waals surface area contributed by atoms with Crippen LogP contribution in [-0.2, 0) is 0 Å². The monoisotopic (exact) mass is 428 g/mol. The van der Waals surface area contributed by atoms with Gasteiger partial charge in [0.25, 0.3) is 5.56 Å². The van der Waals surface area contributed by atoms with Gasteiger partial charge in [-0.15, -0.1) is 11.3 Å². The van der Waals surface area contributed by atoms with Crippen LogP contribution < -0.4 is 5.56 Å². The number of H-pyrrole nitrogens is 1. The van der Waals surface area contributed by atoms with Crippen molar-refractivity contribution in [3.8, 4) is 11.1 Å². The Bertz CT molecular complexity index is 1280. The van der Waals surface area contributed by atoms with Gasteiger partial charge >= 0.3 is 0 Å². The molecule has 8 heteroatoms. The van der Waals surface area contributed by atoms with E-state index in [9.17, 15) is 18.4 Å². The number of nitrogens with zero attached hydrogens (tertiary/aromatic N) is 1. The fourth-order valence-corrected chi connectivity index (χ4v) is 4.64. The molecule has 0 fully saturated rings. The minimum atomic E-state index is -0.361. The molecule has 0 amide bonds. The van der Waals surface area contributed by atoms with Gasteiger partial charge in [0, 0.05) is 16.5 Å². The van der Waals surface area contributed by atoms with Crippen molar-refractivity contribution >= 4 is 39.1 Å². The summed E-state index contributed by atoms with van der Waals surface area (Å²) >= 11 is 2.43. The quantitative estimate of drug-likeness (QED) is 0.269. The van der Waals surface area contributed by atoms with E-state index in [2.05, 4.69) is 9.97 Å². The molecule has 0 aliphatic rings. The first-order valence-electron chi connectivity index (χ1n) is 8.62. The van der Waals surface area contributed by atoms with E-state index < -0.39 is 0 Å². The molecular formula is C21H14F2N2O2S2. The number of hydrogen-bond acceptors (Lipinski definition) is 5. The first kappa shape index (κ1) is 19.5. The normalized spacial score (nSPS) is 11.1. The maximum absolute atomic E-state index is 13.4. The van der Waals surface area contributed by atoms with Gasteiger partial charge in [-0.1, -0.05) is 23.9 Å². The van der Waals surface area contributed by atoms with Crippen molar-refractivity contribution in [1.82, 2.24) is 9.97 Å². The lowest BCUT2D eigenvalue weighted by Crippen LogP contribution is -2.10. The van der Waals surface area contributed by atoms with Gasteiger partial charge in [0.05, 0.1) is 11.1 Å². The number of thiophene rings is 1. The maximum Gasteiger partial charge on any atom is 0.260 e. The van der Waals surface area contributed by atoms with Crippen LogP contribution in [0.1, 0.15) is 15.9 Å². The first-order valence-corrected chi connectivity index (χ1v) is 10.5. The Morgan fingerprint density at radius 1 is 1.17 bits per heavy atom.